The van der Waals surface area contributed by atoms with Crippen molar-refractivity contribution < 1.29 is 23.7 Å². The Hall–Kier alpha value is -2.03. The van der Waals surface area contributed by atoms with E-state index in [9.17, 15) is 4.79 Å². The minimum atomic E-state index is -0.0712. The number of anilines is 1. The summed E-state index contributed by atoms with van der Waals surface area (Å²) in [4.78, 5) is 14.5. The van der Waals surface area contributed by atoms with Crippen molar-refractivity contribution in [2.75, 3.05) is 72.6 Å². The molecule has 0 radical (unpaired) electrons. The highest BCUT2D eigenvalue weighted by atomic mass is 16.5. The summed E-state index contributed by atoms with van der Waals surface area (Å²) in [5.41, 5.74) is 0.609. The zero-order chi connectivity index (χ0) is 18.8. The van der Waals surface area contributed by atoms with E-state index >= 15 is 0 Å². The average Bonchev–Trinajstić information content (AvgIpc) is 2.67. The Kier molecular flexibility index (Phi) is 8.46. The van der Waals surface area contributed by atoms with Crippen LogP contribution in [0.3, 0.4) is 0 Å². The van der Waals surface area contributed by atoms with Crippen LogP contribution in [-0.4, -0.2) is 78.1 Å². The van der Waals surface area contributed by atoms with Gasteiger partial charge in [-0.2, -0.15) is 0 Å². The van der Waals surface area contributed by atoms with Gasteiger partial charge in [-0.1, -0.05) is 0 Å². The summed E-state index contributed by atoms with van der Waals surface area (Å²) in [6.45, 7) is 6.01. The summed E-state index contributed by atoms with van der Waals surface area (Å²) in [6, 6.07) is 3.43. The number of carbonyl (C=O) groups is 1. The van der Waals surface area contributed by atoms with Crippen LogP contribution in [0.25, 0.3) is 0 Å². The number of carbonyl (C=O) groups excluding carboxylic acids is 1. The SMILES string of the molecule is COc1cc(NC(=O)CCNCCN2CCOCC2)cc(OC)c1OC. The van der Waals surface area contributed by atoms with Gasteiger partial charge in [0.05, 0.1) is 34.5 Å². The van der Waals surface area contributed by atoms with Crippen molar-refractivity contribution >= 4 is 11.6 Å². The van der Waals surface area contributed by atoms with Crippen molar-refractivity contribution in [2.45, 2.75) is 6.42 Å². The molecule has 1 aromatic rings. The predicted molar refractivity (Wildman–Crippen MR) is 99.5 cm³/mol. The monoisotopic (exact) mass is 367 g/mol. The maximum Gasteiger partial charge on any atom is 0.225 e. The summed E-state index contributed by atoms with van der Waals surface area (Å²) in [5, 5.41) is 6.16. The Balaban J connectivity index is 1.74. The fourth-order valence-corrected chi connectivity index (χ4v) is 2.77. The first kappa shape index (κ1) is 20.3. The molecule has 0 unspecified atom stereocenters. The van der Waals surface area contributed by atoms with Crippen molar-refractivity contribution in [3.05, 3.63) is 12.1 Å². The number of amides is 1. The molecule has 1 amide bonds. The Labute approximate surface area is 154 Å². The largest absolute Gasteiger partial charge is 0.493 e. The minimum absolute atomic E-state index is 0.0712. The molecule has 2 N–H and O–H groups in total. The highest BCUT2D eigenvalue weighted by Crippen LogP contribution is 2.39. The lowest BCUT2D eigenvalue weighted by Gasteiger charge is -2.26. The first-order valence-corrected chi connectivity index (χ1v) is 8.78. The highest BCUT2D eigenvalue weighted by Gasteiger charge is 2.14. The van der Waals surface area contributed by atoms with Crippen molar-refractivity contribution in [1.29, 1.82) is 0 Å². The third kappa shape index (κ3) is 6.05. The number of ether oxygens (including phenoxy) is 4. The Morgan fingerprint density at radius 3 is 2.31 bits per heavy atom. The van der Waals surface area contributed by atoms with Crippen molar-refractivity contribution in [3.8, 4) is 17.2 Å². The lowest BCUT2D eigenvalue weighted by molar-refractivity contribution is -0.116. The summed E-state index contributed by atoms with van der Waals surface area (Å²) >= 11 is 0. The van der Waals surface area contributed by atoms with E-state index in [1.165, 1.54) is 0 Å². The van der Waals surface area contributed by atoms with Gasteiger partial charge in [-0.15, -0.1) is 0 Å². The van der Waals surface area contributed by atoms with Crippen LogP contribution in [0.1, 0.15) is 6.42 Å². The van der Waals surface area contributed by atoms with Crippen molar-refractivity contribution in [3.63, 3.8) is 0 Å². The zero-order valence-corrected chi connectivity index (χ0v) is 15.8. The number of morpholine rings is 1. The topological polar surface area (TPSA) is 81.3 Å². The molecule has 1 aliphatic rings. The molecule has 1 aliphatic heterocycles. The van der Waals surface area contributed by atoms with Gasteiger partial charge in [0.25, 0.3) is 0 Å². The predicted octanol–water partition coefficient (Wildman–Crippen LogP) is 0.963. The summed E-state index contributed by atoms with van der Waals surface area (Å²) in [7, 11) is 4.63. The summed E-state index contributed by atoms with van der Waals surface area (Å²) in [5.74, 6) is 1.44. The van der Waals surface area contributed by atoms with E-state index in [0.29, 0.717) is 35.9 Å². The van der Waals surface area contributed by atoms with Crippen LogP contribution >= 0.6 is 0 Å². The van der Waals surface area contributed by atoms with E-state index in [0.717, 1.165) is 39.4 Å². The van der Waals surface area contributed by atoms with E-state index in [-0.39, 0.29) is 5.91 Å². The molecule has 0 aromatic heterocycles. The average molecular weight is 367 g/mol. The summed E-state index contributed by atoms with van der Waals surface area (Å²) in [6.07, 6.45) is 0.389. The lowest BCUT2D eigenvalue weighted by atomic mass is 10.2. The molecule has 2 rings (SSSR count). The lowest BCUT2D eigenvalue weighted by Crippen LogP contribution is -2.40. The van der Waals surface area contributed by atoms with E-state index in [1.54, 1.807) is 33.5 Å². The van der Waals surface area contributed by atoms with Crippen LogP contribution in [0, 0.1) is 0 Å². The molecule has 0 aliphatic carbocycles. The molecular weight excluding hydrogens is 338 g/mol. The van der Waals surface area contributed by atoms with Crippen LogP contribution in [0.15, 0.2) is 12.1 Å². The Bertz CT molecular complexity index is 551. The van der Waals surface area contributed by atoms with Gasteiger partial charge >= 0.3 is 0 Å². The Morgan fingerprint density at radius 1 is 1.08 bits per heavy atom. The van der Waals surface area contributed by atoms with Gasteiger partial charge < -0.3 is 29.6 Å². The van der Waals surface area contributed by atoms with Crippen molar-refractivity contribution in [1.82, 2.24) is 10.2 Å². The highest BCUT2D eigenvalue weighted by molar-refractivity contribution is 5.91. The number of hydrogen-bond donors (Lipinski definition) is 2. The summed E-state index contributed by atoms with van der Waals surface area (Å²) < 4.78 is 21.2. The molecule has 26 heavy (non-hydrogen) atoms. The minimum Gasteiger partial charge on any atom is -0.493 e. The number of methoxy groups -OCH3 is 3. The third-order valence-corrected chi connectivity index (χ3v) is 4.19. The molecule has 8 heteroatoms. The number of nitrogens with zero attached hydrogens (tertiary/aromatic N) is 1. The normalized spacial score (nSPS) is 14.7. The second-order valence-corrected chi connectivity index (χ2v) is 5.92. The van der Waals surface area contributed by atoms with E-state index in [4.69, 9.17) is 18.9 Å². The Morgan fingerprint density at radius 2 is 1.73 bits per heavy atom. The van der Waals surface area contributed by atoms with Crippen molar-refractivity contribution in [2.24, 2.45) is 0 Å². The van der Waals surface area contributed by atoms with Gasteiger partial charge in [0.15, 0.2) is 11.5 Å². The van der Waals surface area contributed by atoms with Gasteiger partial charge in [-0.3, -0.25) is 9.69 Å². The van der Waals surface area contributed by atoms with E-state index in [2.05, 4.69) is 15.5 Å². The molecule has 1 heterocycles. The quantitative estimate of drug-likeness (QED) is 0.596. The van der Waals surface area contributed by atoms with E-state index in [1.807, 2.05) is 0 Å². The van der Waals surface area contributed by atoms with Crippen LogP contribution < -0.4 is 24.8 Å². The molecule has 1 fully saturated rings. The van der Waals surface area contributed by atoms with Crippen LogP contribution in [0.4, 0.5) is 5.69 Å². The molecular formula is C18H29N3O5. The first-order chi connectivity index (χ1) is 12.7. The molecule has 0 bridgehead atoms. The van der Waals surface area contributed by atoms with Crippen LogP contribution in [0.2, 0.25) is 0 Å². The number of nitrogens with one attached hydrogen (secondary N) is 2. The molecule has 0 spiro atoms. The van der Waals surface area contributed by atoms with Gasteiger partial charge in [0.2, 0.25) is 11.7 Å². The fourth-order valence-electron chi connectivity index (χ4n) is 2.77. The molecule has 146 valence electrons. The van der Waals surface area contributed by atoms with Gasteiger partial charge in [0.1, 0.15) is 0 Å². The molecule has 0 atom stereocenters. The molecule has 0 saturated carbocycles. The number of benzene rings is 1. The van der Waals surface area contributed by atoms with Gasteiger partial charge in [-0.05, 0) is 0 Å². The fraction of sp³-hybridized carbons (Fsp3) is 0.611. The number of hydrogen-bond acceptors (Lipinski definition) is 7. The first-order valence-electron chi connectivity index (χ1n) is 8.78. The smallest absolute Gasteiger partial charge is 0.225 e. The molecule has 1 saturated heterocycles. The zero-order valence-electron chi connectivity index (χ0n) is 15.8. The van der Waals surface area contributed by atoms with Gasteiger partial charge in [-0.25, -0.2) is 0 Å². The third-order valence-electron chi connectivity index (χ3n) is 4.19. The number of rotatable bonds is 10. The van der Waals surface area contributed by atoms with Crippen LogP contribution in [0.5, 0.6) is 17.2 Å². The molecule has 8 nitrogen and oxygen atoms in total. The van der Waals surface area contributed by atoms with E-state index < -0.39 is 0 Å². The second kappa shape index (κ2) is 10.8. The van der Waals surface area contributed by atoms with Crippen LogP contribution in [-0.2, 0) is 9.53 Å². The van der Waals surface area contributed by atoms with Gasteiger partial charge in [0, 0.05) is 57.0 Å². The molecule has 1 aromatic carbocycles. The standard InChI is InChI=1S/C18H29N3O5/c1-23-15-12-14(13-16(24-2)18(15)25-3)20-17(22)4-5-19-6-7-21-8-10-26-11-9-21/h12-13,19H,4-11H2,1-3H3,(H,20,22). The second-order valence-electron chi connectivity index (χ2n) is 5.92. The maximum absolute atomic E-state index is 12.1. The maximum atomic E-state index is 12.1.